The van der Waals surface area contributed by atoms with Gasteiger partial charge in [-0.15, -0.1) is 0 Å². The van der Waals surface area contributed by atoms with Gasteiger partial charge in [-0.05, 0) is 31.5 Å². The fourth-order valence-corrected chi connectivity index (χ4v) is 2.66. The number of carbonyl (C=O) groups is 3. The van der Waals surface area contributed by atoms with E-state index in [9.17, 15) is 14.4 Å². The standard InChI is InChI=1S/C15H19N3O3S/c1-15(2,16)9-17-13(20)11-5-3-4-10(6-11)7-18-12(19)8-22-14(18)21/h3-6H,7-9,16H2,1-2H3,(H,17,20). The lowest BCUT2D eigenvalue weighted by Crippen LogP contribution is -2.45. The summed E-state index contributed by atoms with van der Waals surface area (Å²) in [5.74, 6) is -0.242. The summed E-state index contributed by atoms with van der Waals surface area (Å²) in [5, 5.41) is 2.52. The number of nitrogens with zero attached hydrogens (tertiary/aromatic N) is 1. The van der Waals surface area contributed by atoms with Crippen LogP contribution < -0.4 is 11.1 Å². The van der Waals surface area contributed by atoms with Crippen molar-refractivity contribution in [2.45, 2.75) is 25.9 Å². The van der Waals surface area contributed by atoms with Crippen molar-refractivity contribution in [1.82, 2.24) is 10.2 Å². The minimum absolute atomic E-state index is 0.185. The Balaban J connectivity index is 2.05. The Morgan fingerprint density at radius 2 is 2.14 bits per heavy atom. The van der Waals surface area contributed by atoms with Crippen molar-refractivity contribution >= 4 is 28.8 Å². The molecule has 3 amide bonds. The molecule has 2 rings (SSSR count). The van der Waals surface area contributed by atoms with Gasteiger partial charge in [-0.25, -0.2) is 0 Å². The van der Waals surface area contributed by atoms with E-state index < -0.39 is 5.54 Å². The summed E-state index contributed by atoms with van der Waals surface area (Å²) >= 11 is 0.998. The van der Waals surface area contributed by atoms with E-state index in [0.29, 0.717) is 12.1 Å². The Labute approximate surface area is 133 Å². The second-order valence-corrected chi connectivity index (χ2v) is 6.83. The molecule has 1 aromatic rings. The van der Waals surface area contributed by atoms with E-state index in [1.54, 1.807) is 24.3 Å². The van der Waals surface area contributed by atoms with Gasteiger partial charge >= 0.3 is 0 Å². The molecule has 6 nitrogen and oxygen atoms in total. The molecule has 0 aliphatic carbocycles. The third kappa shape index (κ3) is 4.32. The van der Waals surface area contributed by atoms with Gasteiger partial charge in [-0.3, -0.25) is 19.3 Å². The minimum atomic E-state index is -0.487. The van der Waals surface area contributed by atoms with Crippen molar-refractivity contribution in [3.63, 3.8) is 0 Å². The maximum Gasteiger partial charge on any atom is 0.289 e. The average Bonchev–Trinajstić information content (AvgIpc) is 2.76. The van der Waals surface area contributed by atoms with Crippen LogP contribution in [0.1, 0.15) is 29.8 Å². The molecule has 0 spiro atoms. The van der Waals surface area contributed by atoms with Crippen LogP contribution in [0.2, 0.25) is 0 Å². The highest BCUT2D eigenvalue weighted by atomic mass is 32.2. The van der Waals surface area contributed by atoms with Gasteiger partial charge in [-0.1, -0.05) is 23.9 Å². The van der Waals surface area contributed by atoms with Crippen molar-refractivity contribution in [2.75, 3.05) is 12.3 Å². The van der Waals surface area contributed by atoms with Gasteiger partial charge in [0.15, 0.2) is 0 Å². The molecule has 1 aliphatic heterocycles. The quantitative estimate of drug-likeness (QED) is 0.854. The van der Waals surface area contributed by atoms with Gasteiger partial charge in [0.05, 0.1) is 12.3 Å². The Kier molecular flexibility index (Phi) is 4.87. The highest BCUT2D eigenvalue weighted by Crippen LogP contribution is 2.21. The number of nitrogens with one attached hydrogen (secondary N) is 1. The zero-order valence-electron chi connectivity index (χ0n) is 12.6. The van der Waals surface area contributed by atoms with Crippen LogP contribution in [0.5, 0.6) is 0 Å². The summed E-state index contributed by atoms with van der Waals surface area (Å²) in [5.41, 5.74) is 6.57. The molecule has 118 valence electrons. The number of rotatable bonds is 5. The second-order valence-electron chi connectivity index (χ2n) is 5.91. The van der Waals surface area contributed by atoms with E-state index in [0.717, 1.165) is 17.3 Å². The Morgan fingerprint density at radius 1 is 1.41 bits per heavy atom. The number of benzene rings is 1. The summed E-state index contributed by atoms with van der Waals surface area (Å²) in [4.78, 5) is 36.5. The molecule has 22 heavy (non-hydrogen) atoms. The number of amides is 3. The molecule has 0 bridgehead atoms. The van der Waals surface area contributed by atoms with E-state index in [-0.39, 0.29) is 29.4 Å². The van der Waals surface area contributed by atoms with Crippen LogP contribution in [0, 0.1) is 0 Å². The van der Waals surface area contributed by atoms with E-state index in [1.807, 2.05) is 13.8 Å². The highest BCUT2D eigenvalue weighted by Gasteiger charge is 2.29. The van der Waals surface area contributed by atoms with Gasteiger partial charge in [-0.2, -0.15) is 0 Å². The topological polar surface area (TPSA) is 92.5 Å². The molecule has 1 heterocycles. The van der Waals surface area contributed by atoms with Crippen molar-refractivity contribution in [3.8, 4) is 0 Å². The Morgan fingerprint density at radius 3 is 2.73 bits per heavy atom. The summed E-state index contributed by atoms with van der Waals surface area (Å²) in [6, 6.07) is 6.89. The lowest BCUT2D eigenvalue weighted by Gasteiger charge is -2.19. The molecule has 1 fully saturated rings. The third-order valence-corrected chi connectivity index (χ3v) is 3.93. The van der Waals surface area contributed by atoms with Crippen LogP contribution in [0.15, 0.2) is 24.3 Å². The SMILES string of the molecule is CC(C)(N)CNC(=O)c1cccc(CN2C(=O)CSC2=O)c1. The Bertz CT molecular complexity index is 594. The summed E-state index contributed by atoms with van der Waals surface area (Å²) in [6.45, 7) is 4.20. The van der Waals surface area contributed by atoms with Crippen LogP contribution >= 0.6 is 11.8 Å². The lowest BCUT2D eigenvalue weighted by molar-refractivity contribution is -0.125. The zero-order valence-corrected chi connectivity index (χ0v) is 13.4. The van der Waals surface area contributed by atoms with Gasteiger partial charge in [0.2, 0.25) is 5.91 Å². The van der Waals surface area contributed by atoms with Crippen molar-refractivity contribution in [3.05, 3.63) is 35.4 Å². The first kappa shape index (κ1) is 16.5. The molecule has 0 unspecified atom stereocenters. The monoisotopic (exact) mass is 321 g/mol. The summed E-state index contributed by atoms with van der Waals surface area (Å²) < 4.78 is 0. The van der Waals surface area contributed by atoms with E-state index in [4.69, 9.17) is 5.73 Å². The maximum absolute atomic E-state index is 12.1. The van der Waals surface area contributed by atoms with Crippen molar-refractivity contribution < 1.29 is 14.4 Å². The third-order valence-electron chi connectivity index (χ3n) is 3.07. The largest absolute Gasteiger partial charge is 0.350 e. The lowest BCUT2D eigenvalue weighted by atomic mass is 10.1. The molecule has 1 aliphatic rings. The predicted octanol–water partition coefficient (Wildman–Crippen LogP) is 1.35. The number of hydrogen-bond acceptors (Lipinski definition) is 5. The highest BCUT2D eigenvalue weighted by molar-refractivity contribution is 8.14. The van der Waals surface area contributed by atoms with E-state index in [1.165, 1.54) is 4.90 Å². The predicted molar refractivity (Wildman–Crippen MR) is 85.4 cm³/mol. The fourth-order valence-electron chi connectivity index (χ4n) is 1.94. The maximum atomic E-state index is 12.1. The van der Waals surface area contributed by atoms with Crippen LogP contribution in [0.4, 0.5) is 4.79 Å². The molecule has 7 heteroatoms. The molecule has 0 radical (unpaired) electrons. The van der Waals surface area contributed by atoms with Crippen LogP contribution in [-0.4, -0.2) is 39.8 Å². The zero-order chi connectivity index (χ0) is 16.3. The first-order valence-corrected chi connectivity index (χ1v) is 7.88. The minimum Gasteiger partial charge on any atom is -0.350 e. The van der Waals surface area contributed by atoms with Gasteiger partial charge in [0.1, 0.15) is 0 Å². The molecular formula is C15H19N3O3S. The molecule has 1 aromatic carbocycles. The second kappa shape index (κ2) is 6.50. The molecule has 0 aromatic heterocycles. The smallest absolute Gasteiger partial charge is 0.289 e. The van der Waals surface area contributed by atoms with E-state index in [2.05, 4.69) is 5.32 Å². The van der Waals surface area contributed by atoms with Gasteiger partial charge in [0, 0.05) is 17.6 Å². The first-order valence-electron chi connectivity index (χ1n) is 6.89. The molecule has 3 N–H and O–H groups in total. The first-order chi connectivity index (χ1) is 10.3. The molecular weight excluding hydrogens is 302 g/mol. The molecule has 0 atom stereocenters. The summed E-state index contributed by atoms with van der Waals surface area (Å²) in [6.07, 6.45) is 0. The Hall–Kier alpha value is -1.86. The van der Waals surface area contributed by atoms with E-state index >= 15 is 0 Å². The number of imide groups is 1. The molecule has 0 saturated carbocycles. The fraction of sp³-hybridized carbons (Fsp3) is 0.400. The average molecular weight is 321 g/mol. The summed E-state index contributed by atoms with van der Waals surface area (Å²) in [7, 11) is 0. The van der Waals surface area contributed by atoms with Gasteiger partial charge in [0.25, 0.3) is 11.1 Å². The van der Waals surface area contributed by atoms with Crippen LogP contribution in [0.3, 0.4) is 0 Å². The number of hydrogen-bond donors (Lipinski definition) is 2. The number of carbonyl (C=O) groups excluding carboxylic acids is 3. The molecule has 1 saturated heterocycles. The van der Waals surface area contributed by atoms with Gasteiger partial charge < -0.3 is 11.1 Å². The van der Waals surface area contributed by atoms with Crippen molar-refractivity contribution in [2.24, 2.45) is 5.73 Å². The van der Waals surface area contributed by atoms with Crippen LogP contribution in [-0.2, 0) is 11.3 Å². The number of nitrogens with two attached hydrogens (primary N) is 1. The van der Waals surface area contributed by atoms with Crippen LogP contribution in [0.25, 0.3) is 0 Å². The normalized spacial score (nSPS) is 15.3. The van der Waals surface area contributed by atoms with Crippen molar-refractivity contribution in [1.29, 1.82) is 0 Å². The number of thioether (sulfide) groups is 1.